The second kappa shape index (κ2) is 9.58. The van der Waals surface area contributed by atoms with Gasteiger partial charge >= 0.3 is 0 Å². The summed E-state index contributed by atoms with van der Waals surface area (Å²) in [7, 11) is 0. The van der Waals surface area contributed by atoms with Crippen molar-refractivity contribution < 1.29 is 0 Å². The molecule has 1 aromatic rings. The second-order valence-electron chi connectivity index (χ2n) is 6.16. The van der Waals surface area contributed by atoms with Crippen molar-refractivity contribution >= 4 is 11.3 Å². The van der Waals surface area contributed by atoms with Gasteiger partial charge in [-0.2, -0.15) is 0 Å². The first-order valence-electron chi connectivity index (χ1n) is 8.27. The number of unbranched alkanes of at least 4 members (excludes halogenated alkanes) is 6. The highest BCUT2D eigenvalue weighted by atomic mass is 32.1. The van der Waals surface area contributed by atoms with Gasteiger partial charge in [-0.1, -0.05) is 78.2 Å². The molecule has 1 heterocycles. The van der Waals surface area contributed by atoms with Gasteiger partial charge < -0.3 is 0 Å². The summed E-state index contributed by atoms with van der Waals surface area (Å²) >= 11 is 1.94. The van der Waals surface area contributed by atoms with Crippen molar-refractivity contribution in [3.05, 3.63) is 22.4 Å². The molecule has 0 aliphatic heterocycles. The Labute approximate surface area is 124 Å². The minimum Gasteiger partial charge on any atom is -0.148 e. The van der Waals surface area contributed by atoms with Crippen LogP contribution >= 0.6 is 11.3 Å². The smallest absolute Gasteiger partial charge is 0.0104 e. The fourth-order valence-electron chi connectivity index (χ4n) is 3.02. The molecule has 1 heteroatoms. The zero-order valence-electron chi connectivity index (χ0n) is 13.2. The van der Waals surface area contributed by atoms with E-state index in [0.717, 1.165) is 0 Å². The molecule has 0 amide bonds. The Balaban J connectivity index is 2.27. The number of hydrogen-bond donors (Lipinski definition) is 0. The molecule has 0 aromatic carbocycles. The summed E-state index contributed by atoms with van der Waals surface area (Å²) in [5.41, 5.74) is 0.437. The molecule has 0 N–H and O–H groups in total. The zero-order chi connectivity index (χ0) is 14.0. The van der Waals surface area contributed by atoms with E-state index in [4.69, 9.17) is 0 Å². The van der Waals surface area contributed by atoms with Crippen LogP contribution < -0.4 is 0 Å². The highest BCUT2D eigenvalue weighted by molar-refractivity contribution is 7.10. The molecule has 0 aliphatic rings. The zero-order valence-corrected chi connectivity index (χ0v) is 14.0. The first kappa shape index (κ1) is 16.8. The lowest BCUT2D eigenvalue weighted by Gasteiger charge is -2.28. The molecule has 1 unspecified atom stereocenters. The summed E-state index contributed by atoms with van der Waals surface area (Å²) in [6, 6.07) is 4.54. The molecule has 19 heavy (non-hydrogen) atoms. The SMILES string of the molecule is CCCCCCCCCC(C)(CCC)c1cccs1. The van der Waals surface area contributed by atoms with Crippen LogP contribution in [0.1, 0.15) is 89.9 Å². The van der Waals surface area contributed by atoms with Gasteiger partial charge in [-0.15, -0.1) is 11.3 Å². The van der Waals surface area contributed by atoms with Crippen molar-refractivity contribution in [1.29, 1.82) is 0 Å². The molecule has 0 saturated heterocycles. The molecule has 0 fully saturated rings. The maximum absolute atomic E-state index is 2.47. The van der Waals surface area contributed by atoms with Gasteiger partial charge in [-0.3, -0.25) is 0 Å². The van der Waals surface area contributed by atoms with E-state index in [1.807, 2.05) is 11.3 Å². The van der Waals surface area contributed by atoms with Crippen molar-refractivity contribution in [2.75, 3.05) is 0 Å². The Bertz CT molecular complexity index is 302. The van der Waals surface area contributed by atoms with E-state index in [1.54, 1.807) is 4.88 Å². The fourth-order valence-corrected chi connectivity index (χ4v) is 3.97. The van der Waals surface area contributed by atoms with Crippen LogP contribution in [0.25, 0.3) is 0 Å². The first-order chi connectivity index (χ1) is 9.23. The van der Waals surface area contributed by atoms with Crippen LogP contribution in [0.5, 0.6) is 0 Å². The van der Waals surface area contributed by atoms with Crippen molar-refractivity contribution in [2.24, 2.45) is 0 Å². The molecular formula is C18H32S. The van der Waals surface area contributed by atoms with Crippen LogP contribution in [-0.4, -0.2) is 0 Å². The molecular weight excluding hydrogens is 248 g/mol. The van der Waals surface area contributed by atoms with E-state index >= 15 is 0 Å². The largest absolute Gasteiger partial charge is 0.148 e. The van der Waals surface area contributed by atoms with E-state index in [2.05, 4.69) is 38.3 Å². The van der Waals surface area contributed by atoms with Crippen LogP contribution in [0.4, 0.5) is 0 Å². The third kappa shape index (κ3) is 6.12. The monoisotopic (exact) mass is 280 g/mol. The van der Waals surface area contributed by atoms with E-state index in [0.29, 0.717) is 5.41 Å². The van der Waals surface area contributed by atoms with Crippen molar-refractivity contribution in [2.45, 2.75) is 90.4 Å². The Morgan fingerprint density at radius 3 is 2.16 bits per heavy atom. The lowest BCUT2D eigenvalue weighted by Crippen LogP contribution is -2.20. The average molecular weight is 281 g/mol. The lowest BCUT2D eigenvalue weighted by atomic mass is 9.79. The van der Waals surface area contributed by atoms with Crippen LogP contribution in [0, 0.1) is 0 Å². The molecule has 0 spiro atoms. The Hall–Kier alpha value is -0.300. The molecule has 0 saturated carbocycles. The van der Waals surface area contributed by atoms with Gasteiger partial charge in [0.25, 0.3) is 0 Å². The summed E-state index contributed by atoms with van der Waals surface area (Å²) in [5.74, 6) is 0. The molecule has 1 aromatic heterocycles. The van der Waals surface area contributed by atoms with Crippen LogP contribution in [-0.2, 0) is 5.41 Å². The second-order valence-corrected chi connectivity index (χ2v) is 7.11. The third-order valence-corrected chi connectivity index (χ3v) is 5.43. The quantitative estimate of drug-likeness (QED) is 0.385. The maximum Gasteiger partial charge on any atom is 0.0104 e. The Morgan fingerprint density at radius 1 is 0.895 bits per heavy atom. The third-order valence-electron chi connectivity index (χ3n) is 4.25. The first-order valence-corrected chi connectivity index (χ1v) is 9.15. The lowest BCUT2D eigenvalue weighted by molar-refractivity contribution is 0.382. The molecule has 110 valence electrons. The fraction of sp³-hybridized carbons (Fsp3) is 0.778. The average Bonchev–Trinajstić information content (AvgIpc) is 2.92. The minimum atomic E-state index is 0.437. The van der Waals surface area contributed by atoms with Gasteiger partial charge in [-0.25, -0.2) is 0 Å². The normalized spacial score (nSPS) is 14.5. The van der Waals surface area contributed by atoms with E-state index in [-0.39, 0.29) is 0 Å². The summed E-state index contributed by atoms with van der Waals surface area (Å²) in [6.07, 6.45) is 13.9. The standard InChI is InChI=1S/C18H32S/c1-4-6-7-8-9-10-11-15-18(3,14-5-2)17-13-12-16-19-17/h12-13,16H,4-11,14-15H2,1-3H3. The van der Waals surface area contributed by atoms with E-state index in [1.165, 1.54) is 64.2 Å². The number of rotatable bonds is 11. The van der Waals surface area contributed by atoms with Crippen molar-refractivity contribution in [3.63, 3.8) is 0 Å². The summed E-state index contributed by atoms with van der Waals surface area (Å²) in [5, 5.41) is 2.23. The molecule has 0 nitrogen and oxygen atoms in total. The molecule has 0 aliphatic carbocycles. The van der Waals surface area contributed by atoms with Crippen LogP contribution in [0.15, 0.2) is 17.5 Å². The van der Waals surface area contributed by atoms with Gasteiger partial charge in [0, 0.05) is 10.3 Å². The Kier molecular flexibility index (Phi) is 8.45. The molecule has 0 radical (unpaired) electrons. The summed E-state index contributed by atoms with van der Waals surface area (Å²) < 4.78 is 0. The van der Waals surface area contributed by atoms with Crippen LogP contribution in [0.3, 0.4) is 0 Å². The van der Waals surface area contributed by atoms with E-state index in [9.17, 15) is 0 Å². The van der Waals surface area contributed by atoms with Crippen molar-refractivity contribution in [3.8, 4) is 0 Å². The highest BCUT2D eigenvalue weighted by Gasteiger charge is 2.25. The molecule has 1 rings (SSSR count). The minimum absolute atomic E-state index is 0.437. The predicted octanol–water partition coefficient (Wildman–Crippen LogP) is 6.95. The van der Waals surface area contributed by atoms with Gasteiger partial charge in [0.1, 0.15) is 0 Å². The number of thiophene rings is 1. The van der Waals surface area contributed by atoms with Gasteiger partial charge in [0.05, 0.1) is 0 Å². The Morgan fingerprint density at radius 2 is 1.58 bits per heavy atom. The summed E-state index contributed by atoms with van der Waals surface area (Å²) in [6.45, 7) is 7.08. The predicted molar refractivity (Wildman–Crippen MR) is 89.2 cm³/mol. The van der Waals surface area contributed by atoms with Crippen LogP contribution in [0.2, 0.25) is 0 Å². The van der Waals surface area contributed by atoms with Gasteiger partial charge in [0.2, 0.25) is 0 Å². The van der Waals surface area contributed by atoms with Crippen molar-refractivity contribution in [1.82, 2.24) is 0 Å². The number of hydrogen-bond acceptors (Lipinski definition) is 1. The van der Waals surface area contributed by atoms with Gasteiger partial charge in [-0.05, 0) is 24.3 Å². The maximum atomic E-state index is 2.47. The van der Waals surface area contributed by atoms with E-state index < -0.39 is 0 Å². The topological polar surface area (TPSA) is 0 Å². The summed E-state index contributed by atoms with van der Waals surface area (Å²) in [4.78, 5) is 1.60. The van der Waals surface area contributed by atoms with Gasteiger partial charge in [0.15, 0.2) is 0 Å². The highest BCUT2D eigenvalue weighted by Crippen LogP contribution is 2.37. The molecule has 0 bridgehead atoms. The molecule has 1 atom stereocenters.